The maximum atomic E-state index is 12.5. The number of carbonyl (C=O) groups excluding carboxylic acids is 2. The van der Waals surface area contributed by atoms with Gasteiger partial charge in [0.25, 0.3) is 5.91 Å². The number of carbonyl (C=O) groups is 2. The molecule has 4 nitrogen and oxygen atoms in total. The molecule has 5 heteroatoms. The second kappa shape index (κ2) is 7.01. The Morgan fingerprint density at radius 1 is 1.29 bits per heavy atom. The van der Waals surface area contributed by atoms with Crippen LogP contribution in [0.1, 0.15) is 24.2 Å². The summed E-state index contributed by atoms with van der Waals surface area (Å²) < 4.78 is 0. The van der Waals surface area contributed by atoms with Crippen LogP contribution in [0.3, 0.4) is 0 Å². The van der Waals surface area contributed by atoms with Crippen molar-refractivity contribution in [2.45, 2.75) is 18.7 Å². The molecule has 1 aliphatic carbocycles. The molecular formula is C19H18N2O2S. The van der Waals surface area contributed by atoms with E-state index in [0.29, 0.717) is 11.3 Å². The van der Waals surface area contributed by atoms with Crippen LogP contribution < -0.4 is 5.32 Å². The van der Waals surface area contributed by atoms with Crippen LogP contribution >= 0.6 is 11.8 Å². The second-order valence-corrected chi connectivity index (χ2v) is 6.89. The van der Waals surface area contributed by atoms with Gasteiger partial charge in [0.15, 0.2) is 0 Å². The zero-order valence-corrected chi connectivity index (χ0v) is 14.4. The van der Waals surface area contributed by atoms with E-state index in [0.717, 1.165) is 21.9 Å². The van der Waals surface area contributed by atoms with E-state index in [9.17, 15) is 9.59 Å². The van der Waals surface area contributed by atoms with Crippen LogP contribution in [-0.4, -0.2) is 23.3 Å². The van der Waals surface area contributed by atoms with Crippen molar-refractivity contribution >= 4 is 29.3 Å². The summed E-state index contributed by atoms with van der Waals surface area (Å²) in [6.07, 6.45) is 7.15. The Morgan fingerprint density at radius 2 is 2.08 bits per heavy atom. The fourth-order valence-electron chi connectivity index (χ4n) is 2.75. The monoisotopic (exact) mass is 338 g/mol. The average molecular weight is 338 g/mol. The van der Waals surface area contributed by atoms with E-state index in [1.165, 1.54) is 0 Å². The largest absolute Gasteiger partial charge is 0.325 e. The Labute approximate surface area is 145 Å². The van der Waals surface area contributed by atoms with Gasteiger partial charge in [0, 0.05) is 22.6 Å². The summed E-state index contributed by atoms with van der Waals surface area (Å²) in [4.78, 5) is 29.3. The predicted molar refractivity (Wildman–Crippen MR) is 97.2 cm³/mol. The van der Waals surface area contributed by atoms with Crippen molar-refractivity contribution in [2.24, 2.45) is 10.9 Å². The number of amides is 2. The molecule has 0 saturated heterocycles. The number of thioether (sulfide) groups is 1. The van der Waals surface area contributed by atoms with Crippen molar-refractivity contribution in [3.05, 3.63) is 65.4 Å². The zero-order chi connectivity index (χ0) is 17.1. The maximum Gasteiger partial charge on any atom is 0.278 e. The highest BCUT2D eigenvalue weighted by atomic mass is 32.2. The molecule has 0 saturated carbocycles. The summed E-state index contributed by atoms with van der Waals surface area (Å²) in [5.41, 5.74) is 2.91. The summed E-state index contributed by atoms with van der Waals surface area (Å²) in [6.45, 7) is 3.97. The van der Waals surface area contributed by atoms with Crippen molar-refractivity contribution in [3.63, 3.8) is 0 Å². The molecule has 1 heterocycles. The van der Waals surface area contributed by atoms with Gasteiger partial charge in [-0.15, -0.1) is 11.8 Å². The lowest BCUT2D eigenvalue weighted by Crippen LogP contribution is -2.32. The number of benzene rings is 1. The molecule has 1 atom stereocenters. The van der Waals surface area contributed by atoms with Crippen LogP contribution in [0.4, 0.5) is 0 Å². The molecule has 0 spiro atoms. The SMILES string of the molecule is CCSc1ccccc1C(=O)N=C1C=CC2C(C)=CC(=O)NC2=C1. The van der Waals surface area contributed by atoms with Crippen molar-refractivity contribution < 1.29 is 9.59 Å². The van der Waals surface area contributed by atoms with Crippen molar-refractivity contribution in [1.82, 2.24) is 5.32 Å². The van der Waals surface area contributed by atoms with Gasteiger partial charge in [0.1, 0.15) is 0 Å². The van der Waals surface area contributed by atoms with Gasteiger partial charge in [-0.25, -0.2) is 4.99 Å². The minimum atomic E-state index is -0.268. The summed E-state index contributed by atoms with van der Waals surface area (Å²) in [7, 11) is 0. The summed E-state index contributed by atoms with van der Waals surface area (Å²) >= 11 is 1.62. The molecular weight excluding hydrogens is 320 g/mol. The fourth-order valence-corrected chi connectivity index (χ4v) is 3.55. The van der Waals surface area contributed by atoms with Crippen LogP contribution in [0.2, 0.25) is 0 Å². The third kappa shape index (κ3) is 3.41. The van der Waals surface area contributed by atoms with Crippen molar-refractivity contribution in [3.8, 4) is 0 Å². The first-order valence-corrected chi connectivity index (χ1v) is 8.81. The zero-order valence-electron chi connectivity index (χ0n) is 13.6. The van der Waals surface area contributed by atoms with Crippen LogP contribution in [0.5, 0.6) is 0 Å². The number of hydrogen-bond donors (Lipinski definition) is 1. The number of fused-ring (bicyclic) bond motifs is 1. The van der Waals surface area contributed by atoms with E-state index in [1.807, 2.05) is 44.2 Å². The van der Waals surface area contributed by atoms with E-state index < -0.39 is 0 Å². The molecule has 2 aliphatic rings. The summed E-state index contributed by atoms with van der Waals surface area (Å²) in [5, 5.41) is 2.82. The molecule has 1 aromatic carbocycles. The topological polar surface area (TPSA) is 58.5 Å². The number of allylic oxidation sites excluding steroid dienone is 3. The van der Waals surface area contributed by atoms with Crippen LogP contribution in [-0.2, 0) is 4.79 Å². The molecule has 0 fully saturated rings. The molecule has 1 N–H and O–H groups in total. The molecule has 24 heavy (non-hydrogen) atoms. The van der Waals surface area contributed by atoms with Gasteiger partial charge in [-0.2, -0.15) is 0 Å². The number of nitrogens with one attached hydrogen (secondary N) is 1. The molecule has 2 amide bonds. The van der Waals surface area contributed by atoms with Crippen LogP contribution in [0, 0.1) is 5.92 Å². The molecule has 122 valence electrons. The predicted octanol–water partition coefficient (Wildman–Crippen LogP) is 3.53. The van der Waals surface area contributed by atoms with Gasteiger partial charge in [0.05, 0.1) is 11.3 Å². The van der Waals surface area contributed by atoms with Gasteiger partial charge in [-0.1, -0.05) is 30.7 Å². The van der Waals surface area contributed by atoms with Crippen molar-refractivity contribution in [1.29, 1.82) is 0 Å². The Kier molecular flexibility index (Phi) is 4.81. The Hall–Kier alpha value is -2.40. The van der Waals surface area contributed by atoms with E-state index >= 15 is 0 Å². The van der Waals surface area contributed by atoms with Gasteiger partial charge < -0.3 is 5.32 Å². The normalized spacial score (nSPS) is 21.0. The highest BCUT2D eigenvalue weighted by molar-refractivity contribution is 7.99. The molecule has 0 bridgehead atoms. The van der Waals surface area contributed by atoms with Crippen LogP contribution in [0.15, 0.2) is 69.7 Å². The van der Waals surface area contributed by atoms with E-state index in [1.54, 1.807) is 30.0 Å². The summed E-state index contributed by atoms with van der Waals surface area (Å²) in [6, 6.07) is 7.49. The number of hydrogen-bond acceptors (Lipinski definition) is 3. The number of nitrogens with zero attached hydrogens (tertiary/aromatic N) is 1. The molecule has 3 rings (SSSR count). The smallest absolute Gasteiger partial charge is 0.278 e. The molecule has 1 aliphatic heterocycles. The fraction of sp³-hybridized carbons (Fsp3) is 0.211. The van der Waals surface area contributed by atoms with E-state index in [2.05, 4.69) is 10.3 Å². The Balaban J connectivity index is 1.88. The maximum absolute atomic E-state index is 12.5. The van der Waals surface area contributed by atoms with Gasteiger partial charge in [-0.05, 0) is 37.0 Å². The standard InChI is InChI=1S/C19H18N2O2S/c1-3-24-17-7-5-4-6-15(17)19(23)20-13-8-9-14-12(2)10-18(22)21-16(14)11-13/h4-11,14H,3H2,1-2H3,(H,21,22). The second-order valence-electron chi connectivity index (χ2n) is 5.59. The molecule has 0 aromatic heterocycles. The van der Waals surface area contributed by atoms with Crippen LogP contribution in [0.25, 0.3) is 0 Å². The van der Waals surface area contributed by atoms with Gasteiger partial charge in [0.2, 0.25) is 5.91 Å². The quantitative estimate of drug-likeness (QED) is 0.858. The minimum absolute atomic E-state index is 0.0553. The number of aliphatic imine (C=N–C) groups is 1. The molecule has 1 unspecified atom stereocenters. The lowest BCUT2D eigenvalue weighted by atomic mass is 9.89. The third-order valence-electron chi connectivity index (χ3n) is 3.86. The molecule has 0 radical (unpaired) electrons. The van der Waals surface area contributed by atoms with Gasteiger partial charge >= 0.3 is 0 Å². The summed E-state index contributed by atoms with van der Waals surface area (Å²) in [5.74, 6) is 0.542. The first kappa shape index (κ1) is 16.5. The third-order valence-corrected chi connectivity index (χ3v) is 4.82. The van der Waals surface area contributed by atoms with Crippen molar-refractivity contribution in [2.75, 3.05) is 5.75 Å². The highest BCUT2D eigenvalue weighted by Crippen LogP contribution is 2.27. The lowest BCUT2D eigenvalue weighted by molar-refractivity contribution is -0.116. The Bertz CT molecular complexity index is 818. The lowest BCUT2D eigenvalue weighted by Gasteiger charge is -2.25. The highest BCUT2D eigenvalue weighted by Gasteiger charge is 2.24. The molecule has 1 aromatic rings. The average Bonchev–Trinajstić information content (AvgIpc) is 2.55. The van der Waals surface area contributed by atoms with Gasteiger partial charge in [-0.3, -0.25) is 9.59 Å². The number of rotatable bonds is 3. The minimum Gasteiger partial charge on any atom is -0.325 e. The first-order valence-electron chi connectivity index (χ1n) is 7.82. The Morgan fingerprint density at radius 3 is 2.88 bits per heavy atom. The van der Waals surface area contributed by atoms with E-state index in [4.69, 9.17) is 0 Å². The van der Waals surface area contributed by atoms with E-state index in [-0.39, 0.29) is 17.7 Å². The first-order chi connectivity index (χ1) is 11.6.